The second-order valence-corrected chi connectivity index (χ2v) is 8.80. The molecule has 0 aliphatic carbocycles. The molecule has 0 unspecified atom stereocenters. The van der Waals surface area contributed by atoms with Crippen molar-refractivity contribution in [1.82, 2.24) is 20.6 Å². The lowest BCUT2D eigenvalue weighted by Gasteiger charge is -2.13. The fourth-order valence-corrected chi connectivity index (χ4v) is 3.48. The number of benzene rings is 1. The molecule has 3 aromatic rings. The maximum absolute atomic E-state index is 12.0. The van der Waals surface area contributed by atoms with E-state index in [0.29, 0.717) is 32.2 Å². The molecule has 7 nitrogen and oxygen atoms in total. The van der Waals surface area contributed by atoms with Crippen LogP contribution in [0.2, 0.25) is 0 Å². The molecule has 0 aliphatic heterocycles. The van der Waals surface area contributed by atoms with Crippen molar-refractivity contribution in [2.24, 2.45) is 0 Å². The van der Waals surface area contributed by atoms with Gasteiger partial charge in [0, 0.05) is 29.6 Å². The molecule has 0 saturated carbocycles. The Morgan fingerprint density at radius 2 is 1.74 bits per heavy atom. The second kappa shape index (κ2) is 10.8. The van der Waals surface area contributed by atoms with E-state index in [2.05, 4.69) is 41.4 Å². The van der Waals surface area contributed by atoms with Gasteiger partial charge in [-0.25, -0.2) is 14.8 Å². The molecule has 2 heterocycles. The van der Waals surface area contributed by atoms with Gasteiger partial charge in [-0.3, -0.25) is 0 Å². The van der Waals surface area contributed by atoms with Crippen molar-refractivity contribution < 1.29 is 14.3 Å². The first kappa shape index (κ1) is 22.6. The van der Waals surface area contributed by atoms with Gasteiger partial charge in [0.15, 0.2) is 0 Å². The van der Waals surface area contributed by atoms with Gasteiger partial charge in [-0.2, -0.15) is 0 Å². The van der Waals surface area contributed by atoms with Crippen LogP contribution in [0, 0.1) is 0 Å². The minimum Gasteiger partial charge on any atom is -0.490 e. The number of pyridine rings is 1. The van der Waals surface area contributed by atoms with Crippen LogP contribution in [0.3, 0.4) is 0 Å². The van der Waals surface area contributed by atoms with Crippen LogP contribution in [0.15, 0.2) is 54.0 Å². The summed E-state index contributed by atoms with van der Waals surface area (Å²) < 4.78 is 11.2. The number of nitrogens with one attached hydrogen (secondary N) is 2. The van der Waals surface area contributed by atoms with Gasteiger partial charge >= 0.3 is 6.03 Å². The quantitative estimate of drug-likeness (QED) is 0.485. The second-order valence-electron chi connectivity index (χ2n) is 7.94. The van der Waals surface area contributed by atoms with Gasteiger partial charge in [-0.15, -0.1) is 11.3 Å². The Bertz CT molecular complexity index is 953. The summed E-state index contributed by atoms with van der Waals surface area (Å²) in [4.78, 5) is 20.9. The highest BCUT2D eigenvalue weighted by Gasteiger charge is 2.18. The third kappa shape index (κ3) is 7.57. The van der Waals surface area contributed by atoms with E-state index >= 15 is 0 Å². The molecule has 164 valence electrons. The Balaban J connectivity index is 1.34. The van der Waals surface area contributed by atoms with E-state index < -0.39 is 0 Å². The first-order valence-corrected chi connectivity index (χ1v) is 11.0. The zero-order valence-electron chi connectivity index (χ0n) is 18.1. The van der Waals surface area contributed by atoms with Crippen LogP contribution in [-0.4, -0.2) is 29.2 Å². The number of para-hydroxylation sites is 1. The summed E-state index contributed by atoms with van der Waals surface area (Å²) in [5.41, 5.74) is 1.76. The van der Waals surface area contributed by atoms with Gasteiger partial charge in [0.2, 0.25) is 5.88 Å². The number of ether oxygens (including phenoxy) is 2. The largest absolute Gasteiger partial charge is 0.490 e. The fourth-order valence-electron chi connectivity index (χ4n) is 2.57. The van der Waals surface area contributed by atoms with Crippen LogP contribution in [0.4, 0.5) is 4.79 Å². The van der Waals surface area contributed by atoms with E-state index in [9.17, 15) is 4.79 Å². The number of aromatic nitrogens is 2. The molecule has 0 spiro atoms. The zero-order chi connectivity index (χ0) is 22.1. The Kier molecular flexibility index (Phi) is 7.83. The molecule has 3 rings (SSSR count). The lowest BCUT2D eigenvalue weighted by Crippen LogP contribution is -2.34. The Morgan fingerprint density at radius 3 is 2.42 bits per heavy atom. The number of carbonyl (C=O) groups is 1. The summed E-state index contributed by atoms with van der Waals surface area (Å²) in [7, 11) is 0. The summed E-state index contributed by atoms with van der Waals surface area (Å²) in [6.45, 7) is 7.98. The van der Waals surface area contributed by atoms with E-state index in [0.717, 1.165) is 22.0 Å². The molecule has 1 aromatic carbocycles. The Hall–Kier alpha value is -3.13. The number of rotatable bonds is 9. The SMILES string of the molecule is CC(C)(C)c1nc(CNC(=O)NCc2ccc(OCCOc3ccccc3)nc2)cs1. The number of hydrogen-bond donors (Lipinski definition) is 2. The average Bonchev–Trinajstić information content (AvgIpc) is 3.25. The Labute approximate surface area is 186 Å². The molecular formula is C23H28N4O3S. The molecule has 2 N–H and O–H groups in total. The van der Waals surface area contributed by atoms with Crippen LogP contribution in [0.25, 0.3) is 0 Å². The first-order chi connectivity index (χ1) is 14.9. The van der Waals surface area contributed by atoms with E-state index in [4.69, 9.17) is 9.47 Å². The minimum atomic E-state index is -0.247. The van der Waals surface area contributed by atoms with Crippen molar-refractivity contribution in [3.63, 3.8) is 0 Å². The number of thiazole rings is 1. The van der Waals surface area contributed by atoms with Crippen molar-refractivity contribution >= 4 is 17.4 Å². The molecule has 31 heavy (non-hydrogen) atoms. The molecule has 0 atom stereocenters. The lowest BCUT2D eigenvalue weighted by molar-refractivity contribution is 0.212. The highest BCUT2D eigenvalue weighted by atomic mass is 32.1. The number of urea groups is 1. The topological polar surface area (TPSA) is 85.4 Å². The molecule has 0 fully saturated rings. The average molecular weight is 441 g/mol. The van der Waals surface area contributed by atoms with Gasteiger partial charge < -0.3 is 20.1 Å². The number of amides is 2. The monoisotopic (exact) mass is 440 g/mol. The van der Waals surface area contributed by atoms with E-state index in [1.165, 1.54) is 0 Å². The summed E-state index contributed by atoms with van der Waals surface area (Å²) >= 11 is 1.61. The predicted molar refractivity (Wildman–Crippen MR) is 122 cm³/mol. The standard InChI is InChI=1S/C23H28N4O3S/c1-23(2,3)21-27-18(16-31-21)15-26-22(28)25-14-17-9-10-20(24-13-17)30-12-11-29-19-7-5-4-6-8-19/h4-10,13,16H,11-12,14-15H2,1-3H3,(H2,25,26,28). The molecule has 2 aromatic heterocycles. The van der Waals surface area contributed by atoms with Crippen LogP contribution < -0.4 is 20.1 Å². The number of nitrogens with zero attached hydrogens (tertiary/aromatic N) is 2. The smallest absolute Gasteiger partial charge is 0.315 e. The van der Waals surface area contributed by atoms with Crippen molar-refractivity contribution in [3.8, 4) is 11.6 Å². The van der Waals surface area contributed by atoms with Crippen LogP contribution in [0.5, 0.6) is 11.6 Å². The van der Waals surface area contributed by atoms with E-state index in [1.807, 2.05) is 41.8 Å². The molecule has 0 aliphatic rings. The zero-order valence-corrected chi connectivity index (χ0v) is 18.9. The summed E-state index contributed by atoms with van der Waals surface area (Å²) in [6.07, 6.45) is 1.68. The van der Waals surface area contributed by atoms with Crippen LogP contribution in [-0.2, 0) is 18.5 Å². The number of carbonyl (C=O) groups excluding carboxylic acids is 1. The van der Waals surface area contributed by atoms with Gasteiger partial charge in [0.1, 0.15) is 19.0 Å². The maximum atomic E-state index is 12.0. The van der Waals surface area contributed by atoms with Gasteiger partial charge in [-0.1, -0.05) is 45.0 Å². The van der Waals surface area contributed by atoms with Gasteiger partial charge in [-0.05, 0) is 17.7 Å². The fraction of sp³-hybridized carbons (Fsp3) is 0.348. The summed E-state index contributed by atoms with van der Waals surface area (Å²) in [5, 5.41) is 8.69. The molecular weight excluding hydrogens is 412 g/mol. The molecule has 0 bridgehead atoms. The normalized spacial score (nSPS) is 11.1. The molecule has 8 heteroatoms. The summed E-state index contributed by atoms with van der Waals surface area (Å²) in [5.74, 6) is 1.33. The van der Waals surface area contributed by atoms with Gasteiger partial charge in [0.25, 0.3) is 0 Å². The third-order valence-electron chi connectivity index (χ3n) is 4.22. The number of hydrogen-bond acceptors (Lipinski definition) is 6. The van der Waals surface area contributed by atoms with Crippen molar-refractivity contribution in [2.45, 2.75) is 39.3 Å². The highest BCUT2D eigenvalue weighted by Crippen LogP contribution is 2.25. The first-order valence-electron chi connectivity index (χ1n) is 10.1. The molecule has 2 amide bonds. The van der Waals surface area contributed by atoms with E-state index in [1.54, 1.807) is 23.6 Å². The minimum absolute atomic E-state index is 0.0168. The highest BCUT2D eigenvalue weighted by molar-refractivity contribution is 7.09. The van der Waals surface area contributed by atoms with Crippen LogP contribution >= 0.6 is 11.3 Å². The Morgan fingerprint density at radius 1 is 1.00 bits per heavy atom. The van der Waals surface area contributed by atoms with E-state index in [-0.39, 0.29) is 11.4 Å². The van der Waals surface area contributed by atoms with Gasteiger partial charge in [0.05, 0.1) is 17.2 Å². The van der Waals surface area contributed by atoms with Crippen molar-refractivity contribution in [2.75, 3.05) is 13.2 Å². The van der Waals surface area contributed by atoms with Crippen LogP contribution in [0.1, 0.15) is 37.0 Å². The lowest BCUT2D eigenvalue weighted by atomic mass is 9.98. The van der Waals surface area contributed by atoms with Crippen molar-refractivity contribution in [3.05, 3.63) is 70.3 Å². The molecule has 0 saturated heterocycles. The van der Waals surface area contributed by atoms with Crippen molar-refractivity contribution in [1.29, 1.82) is 0 Å². The maximum Gasteiger partial charge on any atom is 0.315 e. The third-order valence-corrected chi connectivity index (χ3v) is 5.54. The summed E-state index contributed by atoms with van der Waals surface area (Å²) in [6, 6.07) is 13.0. The molecule has 0 radical (unpaired) electrons. The predicted octanol–water partition coefficient (Wildman–Crippen LogP) is 4.29.